The third-order valence-corrected chi connectivity index (χ3v) is 25.0. The predicted molar refractivity (Wildman–Crippen MR) is 410 cm³/mol. The standard InChI is InChI=1S/C59H82N20O27P4S4/c1-8-29-30(11-36(100-29)75-13-24(2)45(60)69-58(75)84)103-109(88,113)96-19-32-31(12-37(101-32)76-14-25(3)46(61)70-59(76)85)104-107(86,111)94-15-26(4)98-42-34(17-92-53(42)77-21-64-39-48(77)71-56(62)73-51(39)82)105-108(87,112)95-16-27(5)99-43-35(18-93-54(43)78-22-65-40-49(78)72-57(63)74-52(40)83)106-110(89,114)97-20-33-41(80)44(91-10-9-90-7)55(102-33)79-23-66-38-47(79)67-28(6)68-50(38)81/h13-14,21-23,26-27,29-37,41-44,53-55,80H,8-12,15-20H2,1-7H3,(H,86,111)(H,87,112)(H,88,113)(H,89,114)(H2,60,69,84)(H2,61,70,85)(H,67,68,81)(H3,62,71,73,82)(H3,63,72,74,83)/t26-,27-,29+,30?,31?,32+,33+,34?,35?,36+,37+,41?,42-,43-,44-,53+,54+,55+,107?,108?,109?,110?/m0/s1. The highest BCUT2D eigenvalue weighted by Gasteiger charge is 2.51. The number of anilines is 4. The summed E-state index contributed by atoms with van der Waals surface area (Å²) in [6.45, 7) is -10.7. The van der Waals surface area contributed by atoms with Crippen molar-refractivity contribution in [3.63, 3.8) is 0 Å². The van der Waals surface area contributed by atoms with Crippen LogP contribution >= 0.6 is 26.9 Å². The number of aryl methyl sites for hydroxylation is 3. The Morgan fingerprint density at radius 1 is 0.535 bits per heavy atom. The van der Waals surface area contributed by atoms with E-state index in [1.807, 2.05) is 0 Å². The van der Waals surface area contributed by atoms with Gasteiger partial charge in [-0.3, -0.25) is 47.2 Å². The number of aromatic amines is 3. The van der Waals surface area contributed by atoms with E-state index in [0.717, 1.165) is 4.57 Å². The summed E-state index contributed by atoms with van der Waals surface area (Å²) in [5, 5.41) is 11.7. The maximum atomic E-state index is 13.3. The summed E-state index contributed by atoms with van der Waals surface area (Å²) in [7, 11) is 1.46. The van der Waals surface area contributed by atoms with Crippen LogP contribution < -0.4 is 51.0 Å². The van der Waals surface area contributed by atoms with Gasteiger partial charge in [0.25, 0.3) is 16.7 Å². The van der Waals surface area contributed by atoms with Crippen molar-refractivity contribution in [3.05, 3.63) is 100 Å². The second kappa shape index (κ2) is 35.0. The average Bonchev–Trinajstić information content (AvgIpc) is 1.63. The highest BCUT2D eigenvalue weighted by Crippen LogP contribution is 2.54. The fraction of sp³-hybridized carbons (Fsp3) is 0.610. The molecule has 5 saturated heterocycles. The zero-order valence-corrected chi connectivity index (χ0v) is 68.2. The molecule has 5 aliphatic rings. The number of hydrogen-bond donors (Lipinski definition) is 12. The van der Waals surface area contributed by atoms with Crippen LogP contribution in [0.25, 0.3) is 33.5 Å². The minimum absolute atomic E-state index is 0.00328. The van der Waals surface area contributed by atoms with E-state index in [1.165, 1.54) is 70.6 Å². The Morgan fingerprint density at radius 3 is 1.41 bits per heavy atom. The Hall–Kier alpha value is -6.27. The zero-order chi connectivity index (χ0) is 81.8. The Labute approximate surface area is 663 Å². The quantitative estimate of drug-likeness (QED) is 0.0179. The number of rotatable bonds is 34. The van der Waals surface area contributed by atoms with Crippen molar-refractivity contribution < 1.29 is 104 Å². The monoisotopic (exact) mass is 1750 g/mol. The minimum Gasteiger partial charge on any atom is -0.387 e. The first-order valence-corrected chi connectivity index (χ1v) is 45.3. The van der Waals surface area contributed by atoms with Crippen LogP contribution in [0.2, 0.25) is 0 Å². The van der Waals surface area contributed by atoms with E-state index in [1.54, 1.807) is 27.7 Å². The number of aromatic nitrogens is 16. The molecule has 0 bridgehead atoms. The Bertz CT molecular complexity index is 5390. The molecule has 47 nitrogen and oxygen atoms in total. The van der Waals surface area contributed by atoms with Gasteiger partial charge in [0, 0.05) is 43.5 Å². The normalized spacial score (nSPS) is 28.7. The second-order valence-corrected chi connectivity index (χ2v) is 38.1. The molecule has 13 heterocycles. The molecule has 16 N–H and O–H groups in total. The van der Waals surface area contributed by atoms with Crippen molar-refractivity contribution in [3.8, 4) is 0 Å². The lowest BCUT2D eigenvalue weighted by molar-refractivity contribution is -0.107. The van der Waals surface area contributed by atoms with Crippen molar-refractivity contribution in [2.75, 3.05) is 82.9 Å². The van der Waals surface area contributed by atoms with Crippen LogP contribution in [0.1, 0.15) is 88.1 Å². The maximum absolute atomic E-state index is 13.3. The number of imidazole rings is 3. The number of hydrogen-bond acceptors (Lipinski definition) is 39. The van der Waals surface area contributed by atoms with Gasteiger partial charge in [0.05, 0.1) is 102 Å². The van der Waals surface area contributed by atoms with Gasteiger partial charge in [-0.05, 0) is 88.3 Å². The molecular weight excluding hydrogens is 1670 g/mol. The lowest BCUT2D eigenvalue weighted by atomic mass is 10.1. The van der Waals surface area contributed by atoms with Gasteiger partial charge in [-0.15, -0.1) is 0 Å². The summed E-state index contributed by atoms with van der Waals surface area (Å²) in [6, 6.07) is 0. The van der Waals surface area contributed by atoms with Crippen LogP contribution in [-0.2, 0) is 126 Å². The molecule has 0 spiro atoms. The van der Waals surface area contributed by atoms with Gasteiger partial charge in [-0.1, -0.05) is 6.92 Å². The summed E-state index contributed by atoms with van der Waals surface area (Å²) in [5.74, 6) is -0.262. The Kier molecular flexibility index (Phi) is 26.3. The molecule has 22 atom stereocenters. The average molecular weight is 1760 g/mol. The van der Waals surface area contributed by atoms with Gasteiger partial charge in [-0.2, -0.15) is 19.9 Å². The van der Waals surface area contributed by atoms with Crippen LogP contribution in [0, 0.1) is 20.8 Å². The van der Waals surface area contributed by atoms with Crippen LogP contribution in [0.15, 0.2) is 55.3 Å². The summed E-state index contributed by atoms with van der Waals surface area (Å²) < 4.78 is 110. The lowest BCUT2D eigenvalue weighted by Gasteiger charge is -2.31. The van der Waals surface area contributed by atoms with Crippen molar-refractivity contribution in [2.45, 2.75) is 171 Å². The highest BCUT2D eigenvalue weighted by molar-refractivity contribution is 8.08. The fourth-order valence-electron chi connectivity index (χ4n) is 13.3. The first kappa shape index (κ1) is 85.6. The molecular formula is C59H82N20O27P4S4. The number of aliphatic hydroxyl groups excluding tert-OH is 1. The smallest absolute Gasteiger partial charge is 0.351 e. The SMILES string of the molecule is CC[C@H]1O[C@@H](n2cc(C)c(N)nc2=O)CC1OP(O)(=S)OC[C@H]1O[C@@H](n2cc(C)c(N)nc2=O)CC1OP(O)(=S)OC[C@H](C)O[C@H]1C(OP(O)(=S)OC[C@H](C)O[C@H]2C(OP(O)(=S)OC[C@H]3O[C@@H](n4cnc5c(=O)[nH]c(C)nc54)[C@@H](OCCOC)C3O)CO[C@H]2n2cnc3c(=O)[nH]c(N)nc32)CO[C@H]1n1cnc2c(=O)[nH]c(N)nc21. The number of fused-ring (bicyclic) bond motifs is 3. The van der Waals surface area contributed by atoms with Crippen molar-refractivity contribution in [1.82, 2.24) is 77.7 Å². The zero-order valence-electron chi connectivity index (χ0n) is 61.3. The Morgan fingerprint density at radius 2 is 0.947 bits per heavy atom. The third-order valence-electron chi connectivity index (χ3n) is 18.7. The molecule has 114 heavy (non-hydrogen) atoms. The number of nitrogen functional groups attached to an aromatic ring is 4. The molecule has 55 heteroatoms. The molecule has 0 aromatic carbocycles. The molecule has 8 aromatic heterocycles. The number of aliphatic hydroxyl groups is 1. The van der Waals surface area contributed by atoms with Crippen LogP contribution in [-0.4, -0.2) is 242 Å². The third kappa shape index (κ3) is 19.2. The molecule has 13 rings (SSSR count). The first-order chi connectivity index (χ1) is 53.9. The van der Waals surface area contributed by atoms with Gasteiger partial charge in [0.15, 0.2) is 52.2 Å². The van der Waals surface area contributed by atoms with Gasteiger partial charge in [0.2, 0.25) is 11.9 Å². The predicted octanol–water partition coefficient (Wildman–Crippen LogP) is -0.492. The number of nitrogens with zero attached hydrogens (tertiary/aromatic N) is 13. The van der Waals surface area contributed by atoms with Gasteiger partial charge in [0.1, 0.15) is 78.7 Å². The number of methoxy groups -OCH3 is 1. The van der Waals surface area contributed by atoms with Crippen LogP contribution in [0.4, 0.5) is 23.5 Å². The highest BCUT2D eigenvalue weighted by atomic mass is 32.5. The minimum atomic E-state index is -4.48. The fourth-order valence-corrected chi connectivity index (χ4v) is 19.3. The van der Waals surface area contributed by atoms with Gasteiger partial charge in [-0.25, -0.2) is 29.5 Å². The van der Waals surface area contributed by atoms with Crippen LogP contribution in [0.3, 0.4) is 0 Å². The summed E-state index contributed by atoms with van der Waals surface area (Å²) in [5.41, 5.74) is 21.1. The van der Waals surface area contributed by atoms with E-state index in [4.69, 9.17) is 149 Å². The van der Waals surface area contributed by atoms with Crippen molar-refractivity contribution in [2.24, 2.45) is 0 Å². The molecule has 9 unspecified atom stereocenters. The first-order valence-electron chi connectivity index (χ1n) is 35.0. The van der Waals surface area contributed by atoms with Crippen molar-refractivity contribution >= 4 is 131 Å². The van der Waals surface area contributed by atoms with E-state index in [-0.39, 0.29) is 102 Å². The van der Waals surface area contributed by atoms with Crippen molar-refractivity contribution in [1.29, 1.82) is 0 Å². The van der Waals surface area contributed by atoms with E-state index in [0.29, 0.717) is 17.5 Å². The van der Waals surface area contributed by atoms with E-state index in [9.17, 15) is 48.7 Å². The largest absolute Gasteiger partial charge is 0.387 e. The number of nitrogens with two attached hydrogens (primary N) is 4. The molecule has 5 aliphatic heterocycles. The van der Waals surface area contributed by atoms with E-state index in [2.05, 4.69) is 54.8 Å². The number of H-pyrrole nitrogens is 3. The molecule has 0 radical (unpaired) electrons. The molecule has 8 aromatic rings. The summed E-state index contributed by atoms with van der Waals surface area (Å²) >= 11 is 22.3. The Balaban J connectivity index is 0.683. The van der Waals surface area contributed by atoms with Gasteiger partial charge >= 0.3 is 38.3 Å². The van der Waals surface area contributed by atoms with E-state index < -0.39 is 192 Å². The molecule has 0 aliphatic carbocycles. The summed E-state index contributed by atoms with van der Waals surface area (Å²) in [6.07, 6.45) is -14.3. The van der Waals surface area contributed by atoms with E-state index >= 15 is 0 Å². The number of nitrogens with one attached hydrogen (secondary N) is 3. The maximum Gasteiger partial charge on any atom is 0.351 e. The topological polar surface area (TPSA) is 623 Å². The lowest BCUT2D eigenvalue weighted by Crippen LogP contribution is -2.38. The molecule has 624 valence electrons. The molecule has 0 amide bonds. The summed E-state index contributed by atoms with van der Waals surface area (Å²) in [4.78, 5) is 153. The van der Waals surface area contributed by atoms with Gasteiger partial charge < -0.3 is 131 Å². The molecule has 0 saturated carbocycles. The number of ether oxygens (including phenoxy) is 9. The second-order valence-electron chi connectivity index (χ2n) is 26.9. The molecule has 5 fully saturated rings. The van der Waals surface area contributed by atoms with Crippen LogP contribution in [0.5, 0.6) is 0 Å².